The molecule has 12 heavy (non-hydrogen) atoms. The maximum absolute atomic E-state index is 12.6. The minimum absolute atomic E-state index is 0.0544. The summed E-state index contributed by atoms with van der Waals surface area (Å²) in [6, 6.07) is 0. The van der Waals surface area contributed by atoms with E-state index in [1.807, 2.05) is 6.92 Å². The number of nitrogens with two attached hydrogens (primary N) is 1. The van der Waals surface area contributed by atoms with Crippen molar-refractivity contribution >= 4 is 0 Å². The molecule has 1 rings (SSSR count). The van der Waals surface area contributed by atoms with Crippen molar-refractivity contribution in [3.05, 3.63) is 0 Å². The van der Waals surface area contributed by atoms with Gasteiger partial charge >= 0.3 is 0 Å². The van der Waals surface area contributed by atoms with Crippen LogP contribution >= 0.6 is 0 Å². The highest BCUT2D eigenvalue weighted by atomic mass is 19.3. The van der Waals surface area contributed by atoms with E-state index in [1.165, 1.54) is 0 Å². The third-order valence-corrected chi connectivity index (χ3v) is 3.15. The normalized spacial score (nSPS) is 43.5. The van der Waals surface area contributed by atoms with Crippen molar-refractivity contribution in [1.29, 1.82) is 0 Å². The van der Waals surface area contributed by atoms with Crippen molar-refractivity contribution in [2.75, 3.05) is 0 Å². The maximum Gasteiger partial charge on any atom is 0.256 e. The van der Waals surface area contributed by atoms with Crippen molar-refractivity contribution in [2.24, 2.45) is 17.6 Å². The van der Waals surface area contributed by atoms with Crippen molar-refractivity contribution in [2.45, 2.75) is 45.1 Å². The zero-order valence-electron chi connectivity index (χ0n) is 7.69. The first kappa shape index (κ1) is 9.90. The van der Waals surface area contributed by atoms with Gasteiger partial charge in [0.25, 0.3) is 6.43 Å². The summed E-state index contributed by atoms with van der Waals surface area (Å²) in [5.41, 5.74) is 4.44. The fraction of sp³-hybridized carbons (Fsp3) is 1.00. The molecule has 1 saturated carbocycles. The summed E-state index contributed by atoms with van der Waals surface area (Å²) in [6.07, 6.45) is -0.237. The van der Waals surface area contributed by atoms with Crippen LogP contribution in [0.4, 0.5) is 8.78 Å². The number of hydrogen-bond donors (Lipinski definition) is 1. The fourth-order valence-electron chi connectivity index (χ4n) is 2.01. The first-order chi connectivity index (χ1) is 5.47. The molecule has 1 aliphatic carbocycles. The molecule has 0 saturated heterocycles. The molecule has 0 heterocycles. The van der Waals surface area contributed by atoms with Crippen LogP contribution in [0.3, 0.4) is 0 Å². The molecule has 3 atom stereocenters. The van der Waals surface area contributed by atoms with Crippen LogP contribution in [0.15, 0.2) is 0 Å². The lowest BCUT2D eigenvalue weighted by molar-refractivity contribution is -0.00881. The molecular weight excluding hydrogens is 160 g/mol. The topological polar surface area (TPSA) is 26.0 Å². The zero-order valence-corrected chi connectivity index (χ0v) is 7.69. The van der Waals surface area contributed by atoms with Gasteiger partial charge in [0, 0.05) is 0 Å². The summed E-state index contributed by atoms with van der Waals surface area (Å²) < 4.78 is 25.1. The Hall–Kier alpha value is -0.180. The smallest absolute Gasteiger partial charge is 0.256 e. The number of rotatable bonds is 1. The zero-order chi connectivity index (χ0) is 9.35. The number of hydrogen-bond acceptors (Lipinski definition) is 1. The Morgan fingerprint density at radius 2 is 2.00 bits per heavy atom. The van der Waals surface area contributed by atoms with Gasteiger partial charge in [0.2, 0.25) is 0 Å². The molecule has 72 valence electrons. The van der Waals surface area contributed by atoms with Crippen LogP contribution in [-0.4, -0.2) is 12.0 Å². The second-order valence-electron chi connectivity index (χ2n) is 4.19. The van der Waals surface area contributed by atoms with Gasteiger partial charge in [0.15, 0.2) is 0 Å². The van der Waals surface area contributed by atoms with Gasteiger partial charge in [-0.15, -0.1) is 0 Å². The Morgan fingerprint density at radius 3 is 2.42 bits per heavy atom. The van der Waals surface area contributed by atoms with Crippen LogP contribution in [0.1, 0.15) is 33.1 Å². The Balaban J connectivity index is 2.66. The van der Waals surface area contributed by atoms with E-state index in [0.29, 0.717) is 12.3 Å². The molecule has 0 radical (unpaired) electrons. The van der Waals surface area contributed by atoms with E-state index in [2.05, 4.69) is 6.92 Å². The van der Waals surface area contributed by atoms with Crippen LogP contribution in [0.25, 0.3) is 0 Å². The molecule has 1 fully saturated rings. The molecule has 0 bridgehead atoms. The Bertz CT molecular complexity index is 161. The molecule has 0 spiro atoms. The minimum Gasteiger partial charge on any atom is -0.320 e. The van der Waals surface area contributed by atoms with Crippen LogP contribution in [-0.2, 0) is 0 Å². The summed E-state index contributed by atoms with van der Waals surface area (Å²) in [5.74, 6) is 0.497. The van der Waals surface area contributed by atoms with E-state index in [1.54, 1.807) is 0 Å². The van der Waals surface area contributed by atoms with E-state index < -0.39 is 12.0 Å². The van der Waals surface area contributed by atoms with Gasteiger partial charge in [0.05, 0.1) is 5.54 Å². The second-order valence-corrected chi connectivity index (χ2v) is 4.19. The van der Waals surface area contributed by atoms with E-state index in [-0.39, 0.29) is 5.92 Å². The molecular formula is C9H17F2N. The van der Waals surface area contributed by atoms with Gasteiger partial charge in [-0.25, -0.2) is 8.78 Å². The predicted octanol–water partition coefficient (Wildman–Crippen LogP) is 2.41. The molecule has 1 aliphatic rings. The fourth-order valence-corrected chi connectivity index (χ4v) is 2.01. The lowest BCUT2D eigenvalue weighted by Gasteiger charge is -2.41. The van der Waals surface area contributed by atoms with Crippen molar-refractivity contribution < 1.29 is 8.78 Å². The first-order valence-corrected chi connectivity index (χ1v) is 4.54. The van der Waals surface area contributed by atoms with E-state index in [4.69, 9.17) is 5.73 Å². The Morgan fingerprint density at radius 1 is 1.42 bits per heavy atom. The third kappa shape index (κ3) is 1.60. The van der Waals surface area contributed by atoms with Gasteiger partial charge in [-0.3, -0.25) is 0 Å². The van der Waals surface area contributed by atoms with Crippen molar-refractivity contribution in [3.63, 3.8) is 0 Å². The van der Waals surface area contributed by atoms with Gasteiger partial charge in [-0.1, -0.05) is 13.8 Å². The van der Waals surface area contributed by atoms with Gasteiger partial charge in [-0.2, -0.15) is 0 Å². The van der Waals surface area contributed by atoms with Crippen molar-refractivity contribution in [1.82, 2.24) is 0 Å². The highest BCUT2D eigenvalue weighted by Crippen LogP contribution is 2.38. The molecule has 0 aliphatic heterocycles. The molecule has 2 N–H and O–H groups in total. The Labute approximate surface area is 72.3 Å². The second kappa shape index (κ2) is 3.29. The predicted molar refractivity (Wildman–Crippen MR) is 45.1 cm³/mol. The summed E-state index contributed by atoms with van der Waals surface area (Å²) >= 11 is 0. The highest BCUT2D eigenvalue weighted by molar-refractivity contribution is 4.95. The minimum atomic E-state index is -2.38. The highest BCUT2D eigenvalue weighted by Gasteiger charge is 2.43. The average molecular weight is 177 g/mol. The molecule has 0 amide bonds. The first-order valence-electron chi connectivity index (χ1n) is 4.54. The molecule has 1 nitrogen and oxygen atoms in total. The molecule has 0 aromatic carbocycles. The SMILES string of the molecule is CC1CCC(N)(C(F)F)C(C)C1. The lowest BCUT2D eigenvalue weighted by atomic mass is 9.71. The molecule has 0 aromatic rings. The van der Waals surface area contributed by atoms with Crippen molar-refractivity contribution in [3.8, 4) is 0 Å². The molecule has 3 heteroatoms. The van der Waals surface area contributed by atoms with Crippen LogP contribution < -0.4 is 5.73 Å². The quantitative estimate of drug-likeness (QED) is 0.654. The lowest BCUT2D eigenvalue weighted by Crippen LogP contribution is -2.55. The van der Waals surface area contributed by atoms with Gasteiger partial charge in [-0.05, 0) is 31.1 Å². The molecule has 0 aromatic heterocycles. The third-order valence-electron chi connectivity index (χ3n) is 3.15. The average Bonchev–Trinajstić information content (AvgIpc) is 1.97. The standard InChI is InChI=1S/C9H17F2N/c1-6-3-4-9(12,8(10)11)7(2)5-6/h6-8H,3-5,12H2,1-2H3. The van der Waals surface area contributed by atoms with E-state index in [0.717, 1.165) is 12.8 Å². The van der Waals surface area contributed by atoms with Crippen LogP contribution in [0.2, 0.25) is 0 Å². The number of alkyl halides is 2. The summed E-state index contributed by atoms with van der Waals surface area (Å²) in [6.45, 7) is 3.93. The maximum atomic E-state index is 12.6. The van der Waals surface area contributed by atoms with E-state index >= 15 is 0 Å². The van der Waals surface area contributed by atoms with Crippen LogP contribution in [0.5, 0.6) is 0 Å². The largest absolute Gasteiger partial charge is 0.320 e. The van der Waals surface area contributed by atoms with Gasteiger partial charge < -0.3 is 5.73 Å². The molecule has 3 unspecified atom stereocenters. The summed E-state index contributed by atoms with van der Waals surface area (Å²) in [5, 5.41) is 0. The Kier molecular flexibility index (Phi) is 2.71. The van der Waals surface area contributed by atoms with Gasteiger partial charge in [0.1, 0.15) is 0 Å². The number of halogens is 2. The summed E-state index contributed by atoms with van der Waals surface area (Å²) in [4.78, 5) is 0. The van der Waals surface area contributed by atoms with E-state index in [9.17, 15) is 8.78 Å². The summed E-state index contributed by atoms with van der Waals surface area (Å²) in [7, 11) is 0. The van der Waals surface area contributed by atoms with Crippen LogP contribution in [0, 0.1) is 11.8 Å². The monoisotopic (exact) mass is 177 g/mol.